The average molecular weight is 1070 g/mol. The molecule has 0 radical (unpaired) electrons. The van der Waals surface area contributed by atoms with Crippen LogP contribution in [0.25, 0.3) is 0 Å². The van der Waals surface area contributed by atoms with Gasteiger partial charge in [-0.2, -0.15) is 39.5 Å². The molecule has 2 aromatic rings. The number of alkyl halides is 9. The van der Waals surface area contributed by atoms with Gasteiger partial charge in [0.15, 0.2) is 5.96 Å². The SMILES string of the molecule is CC(=O)N[C@@H](CCCCN)C(=O)N[C@@H](CCCN=C(N)N)C(=O)NCCCCC1CCN(CC(=O)N2c3ccccc3NC(=O)c3ccccc32)CC1.O=C(O)C(F)(F)F.O=C(O)C(F)(F)F.O=C(O)C(F)(F)F. The van der Waals surface area contributed by atoms with Crippen molar-refractivity contribution in [1.82, 2.24) is 20.9 Å². The fraction of sp³-hybridized carbons (Fsp3) is 0.523. The highest BCUT2D eigenvalue weighted by molar-refractivity contribution is 6.18. The zero-order valence-corrected chi connectivity index (χ0v) is 39.7. The second kappa shape index (κ2) is 31.4. The maximum atomic E-state index is 13.8. The molecule has 2 aliphatic heterocycles. The molecular formula is C44H59F9N10O11. The zero-order chi connectivity index (χ0) is 56.4. The zero-order valence-electron chi connectivity index (χ0n) is 39.7. The van der Waals surface area contributed by atoms with E-state index in [0.29, 0.717) is 73.9 Å². The maximum absolute atomic E-state index is 13.8. The number of aliphatic carboxylic acids is 3. The third-order valence-corrected chi connectivity index (χ3v) is 10.4. The molecule has 2 aliphatic rings. The first-order chi connectivity index (χ1) is 34.4. The Hall–Kier alpha value is -7.24. The Morgan fingerprint density at radius 3 is 1.73 bits per heavy atom. The van der Waals surface area contributed by atoms with E-state index >= 15 is 0 Å². The molecule has 2 heterocycles. The smallest absolute Gasteiger partial charge is 0.475 e. The van der Waals surface area contributed by atoms with Crippen LogP contribution in [-0.4, -0.2) is 144 Å². The van der Waals surface area contributed by atoms with Crippen molar-refractivity contribution in [3.05, 3.63) is 54.1 Å². The number of carboxylic acid groups (broad SMARTS) is 3. The molecular weight excluding hydrogens is 1020 g/mol. The number of piperidine rings is 1. The minimum atomic E-state index is -5.08. The summed E-state index contributed by atoms with van der Waals surface area (Å²) in [4.78, 5) is 99.3. The van der Waals surface area contributed by atoms with E-state index in [2.05, 4.69) is 31.2 Å². The van der Waals surface area contributed by atoms with Gasteiger partial charge in [-0.05, 0) is 101 Å². The lowest BCUT2D eigenvalue weighted by atomic mass is 9.91. The summed E-state index contributed by atoms with van der Waals surface area (Å²) in [7, 11) is 0. The molecule has 414 valence electrons. The standard InChI is InChI=1S/C38H56N10O5.3C2HF3O2/c1-26(49)44-31(14-6-8-20-39)37(53)46-30(15-10-22-43-38(40)41)36(52)42-21-9-7-11-27-18-23-47(24-19-27)25-34(50)48-32-16-4-2-12-28(32)35(51)45-29-13-3-5-17-33(29)48;3*3-2(4,5)1(6)7/h2-5,12-13,16-17,27,30-31H,6-11,14-15,18-25,39H2,1H3,(H,42,52)(H,44,49)(H,45,51)(H,46,53)(H4,40,41,43);3*(H,6,7)/t30-,31-;;;/m0.../s1. The number of amides is 5. The number of guanidine groups is 1. The van der Waals surface area contributed by atoms with E-state index in [1.807, 2.05) is 30.3 Å². The van der Waals surface area contributed by atoms with Crippen LogP contribution < -0.4 is 43.4 Å². The van der Waals surface area contributed by atoms with Crippen LogP contribution >= 0.6 is 0 Å². The van der Waals surface area contributed by atoms with Gasteiger partial charge < -0.3 is 53.8 Å². The summed E-state index contributed by atoms with van der Waals surface area (Å²) in [6.07, 6.45) is -7.97. The van der Waals surface area contributed by atoms with E-state index in [-0.39, 0.29) is 36.1 Å². The number of aliphatic imine (C=N–C) groups is 1. The number of carbonyl (C=O) groups excluding carboxylic acids is 5. The predicted molar refractivity (Wildman–Crippen MR) is 247 cm³/mol. The Bertz CT molecular complexity index is 2160. The summed E-state index contributed by atoms with van der Waals surface area (Å²) in [5, 5.41) is 32.8. The van der Waals surface area contributed by atoms with Crippen LogP contribution in [-0.2, 0) is 33.6 Å². The first-order valence-electron chi connectivity index (χ1n) is 22.5. The topological polar surface area (TPSA) is 342 Å². The highest BCUT2D eigenvalue weighted by atomic mass is 19.4. The van der Waals surface area contributed by atoms with Crippen molar-refractivity contribution in [3.63, 3.8) is 0 Å². The number of unbranched alkanes of at least 4 members (excludes halogenated alkanes) is 2. The monoisotopic (exact) mass is 1070 g/mol. The number of nitrogens with zero attached hydrogens (tertiary/aromatic N) is 3. The van der Waals surface area contributed by atoms with Gasteiger partial charge in [0, 0.05) is 20.0 Å². The Kier molecular flexibility index (Phi) is 27.5. The summed E-state index contributed by atoms with van der Waals surface area (Å²) >= 11 is 0. The van der Waals surface area contributed by atoms with Crippen LogP contribution in [0.4, 0.5) is 56.6 Å². The van der Waals surface area contributed by atoms with E-state index in [0.717, 1.165) is 51.6 Å². The molecule has 4 rings (SSSR count). The predicted octanol–water partition coefficient (Wildman–Crippen LogP) is 3.99. The van der Waals surface area contributed by atoms with Crippen LogP contribution in [0.2, 0.25) is 0 Å². The van der Waals surface area contributed by atoms with E-state index in [1.165, 1.54) is 6.92 Å². The Labute approximate surface area is 417 Å². The molecule has 74 heavy (non-hydrogen) atoms. The largest absolute Gasteiger partial charge is 0.490 e. The van der Waals surface area contributed by atoms with Crippen molar-refractivity contribution in [2.45, 2.75) is 102 Å². The lowest BCUT2D eigenvalue weighted by Crippen LogP contribution is -2.53. The van der Waals surface area contributed by atoms with E-state index in [9.17, 15) is 63.5 Å². The number of rotatable bonds is 19. The number of nitrogens with one attached hydrogen (secondary N) is 4. The van der Waals surface area contributed by atoms with Crippen LogP contribution in [0, 0.1) is 5.92 Å². The fourth-order valence-corrected chi connectivity index (χ4v) is 6.86. The van der Waals surface area contributed by atoms with Crippen LogP contribution in [0.1, 0.15) is 81.5 Å². The minimum absolute atomic E-state index is 0.0403. The number of halogens is 9. The third-order valence-electron chi connectivity index (χ3n) is 10.4. The van der Waals surface area contributed by atoms with Gasteiger partial charge in [-0.1, -0.05) is 37.1 Å². The highest BCUT2D eigenvalue weighted by Gasteiger charge is 2.40. The molecule has 0 unspecified atom stereocenters. The number of nitrogens with two attached hydrogens (primary N) is 3. The van der Waals surface area contributed by atoms with Gasteiger partial charge in [0.05, 0.1) is 29.2 Å². The number of carboxylic acids is 3. The number of para-hydroxylation sites is 3. The molecule has 0 aromatic heterocycles. The molecule has 2 aromatic carbocycles. The number of hydrogen-bond acceptors (Lipinski definition) is 11. The first kappa shape index (κ1) is 64.8. The molecule has 30 heteroatoms. The molecule has 0 aliphatic carbocycles. The number of carbonyl (C=O) groups is 8. The quantitative estimate of drug-likeness (QED) is 0.0412. The third kappa shape index (κ3) is 24.9. The van der Waals surface area contributed by atoms with Crippen LogP contribution in [0.5, 0.6) is 0 Å². The minimum Gasteiger partial charge on any atom is -0.475 e. The van der Waals surface area contributed by atoms with Crippen molar-refractivity contribution in [2.75, 3.05) is 49.5 Å². The van der Waals surface area contributed by atoms with Gasteiger partial charge in [0.1, 0.15) is 12.1 Å². The van der Waals surface area contributed by atoms with Crippen molar-refractivity contribution >= 4 is 70.5 Å². The summed E-state index contributed by atoms with van der Waals surface area (Å²) in [6.45, 7) is 4.47. The summed E-state index contributed by atoms with van der Waals surface area (Å²) in [6, 6.07) is 13.0. The maximum Gasteiger partial charge on any atom is 0.490 e. The van der Waals surface area contributed by atoms with E-state index in [4.69, 9.17) is 46.9 Å². The van der Waals surface area contributed by atoms with Gasteiger partial charge in [-0.3, -0.25) is 38.8 Å². The molecule has 1 saturated heterocycles. The molecule has 13 N–H and O–H groups in total. The summed E-state index contributed by atoms with van der Waals surface area (Å²) < 4.78 is 95.2. The van der Waals surface area contributed by atoms with Crippen LogP contribution in [0.3, 0.4) is 0 Å². The Morgan fingerprint density at radius 2 is 1.22 bits per heavy atom. The molecule has 5 amide bonds. The second-order valence-electron chi connectivity index (χ2n) is 16.2. The number of fused-ring (bicyclic) bond motifs is 2. The fourth-order valence-electron chi connectivity index (χ4n) is 6.86. The molecule has 0 spiro atoms. The van der Waals surface area contributed by atoms with E-state index < -0.39 is 54.4 Å². The molecule has 0 bridgehead atoms. The van der Waals surface area contributed by atoms with Gasteiger partial charge in [0.25, 0.3) is 5.91 Å². The second-order valence-corrected chi connectivity index (χ2v) is 16.2. The lowest BCUT2D eigenvalue weighted by molar-refractivity contribution is -0.193. The van der Waals surface area contributed by atoms with Crippen LogP contribution in [0.15, 0.2) is 53.5 Å². The summed E-state index contributed by atoms with van der Waals surface area (Å²) in [5.41, 5.74) is 18.8. The van der Waals surface area contributed by atoms with Gasteiger partial charge in [-0.25, -0.2) is 14.4 Å². The van der Waals surface area contributed by atoms with Crippen molar-refractivity contribution < 1.29 is 93.2 Å². The normalized spacial score (nSPS) is 14.3. The van der Waals surface area contributed by atoms with E-state index in [1.54, 1.807) is 23.1 Å². The first-order valence-corrected chi connectivity index (χ1v) is 22.5. The van der Waals surface area contributed by atoms with Crippen molar-refractivity contribution in [3.8, 4) is 0 Å². The van der Waals surface area contributed by atoms with Crippen molar-refractivity contribution in [1.29, 1.82) is 0 Å². The Balaban J connectivity index is 0.00000109. The van der Waals surface area contributed by atoms with Gasteiger partial charge in [-0.15, -0.1) is 0 Å². The van der Waals surface area contributed by atoms with Gasteiger partial charge in [0.2, 0.25) is 23.6 Å². The molecule has 1 fully saturated rings. The number of likely N-dealkylation sites (tertiary alicyclic amines) is 1. The lowest BCUT2D eigenvalue weighted by Gasteiger charge is -2.33. The molecule has 2 atom stereocenters. The average Bonchev–Trinajstić information content (AvgIpc) is 3.43. The molecule has 21 nitrogen and oxygen atoms in total. The molecule has 0 saturated carbocycles. The number of benzene rings is 2. The number of anilines is 3. The van der Waals surface area contributed by atoms with Crippen molar-refractivity contribution in [2.24, 2.45) is 28.1 Å². The number of hydrogen-bond donors (Lipinski definition) is 10. The van der Waals surface area contributed by atoms with Gasteiger partial charge >= 0.3 is 36.4 Å². The highest BCUT2D eigenvalue weighted by Crippen LogP contribution is 2.38. The Morgan fingerprint density at radius 1 is 0.716 bits per heavy atom. The summed E-state index contributed by atoms with van der Waals surface area (Å²) in [5.74, 6) is -9.15.